The minimum Gasteiger partial charge on any atom is -0.494 e. The van der Waals surface area contributed by atoms with Gasteiger partial charge >= 0.3 is 17.9 Å². The van der Waals surface area contributed by atoms with Crippen LogP contribution >= 0.6 is 11.3 Å². The van der Waals surface area contributed by atoms with Crippen LogP contribution in [-0.4, -0.2) is 62.3 Å². The molecule has 13 nitrogen and oxygen atoms in total. The molecule has 0 unspecified atom stereocenters. The third kappa shape index (κ3) is 17.1. The molecule has 0 saturated heterocycles. The number of para-hydroxylation sites is 1. The van der Waals surface area contributed by atoms with Crippen LogP contribution in [0.5, 0.6) is 23.0 Å². The van der Waals surface area contributed by atoms with E-state index in [1.165, 1.54) is 17.4 Å². The summed E-state index contributed by atoms with van der Waals surface area (Å²) in [6.45, 7) is 10.9. The number of aromatic nitrogens is 1. The summed E-state index contributed by atoms with van der Waals surface area (Å²) >= 11 is 1.50. The van der Waals surface area contributed by atoms with E-state index in [9.17, 15) is 14.4 Å². The molecule has 0 amide bonds. The first-order valence-corrected chi connectivity index (χ1v) is 20.7. The van der Waals surface area contributed by atoms with E-state index >= 15 is 0 Å². The maximum atomic E-state index is 13.2. The van der Waals surface area contributed by atoms with Crippen LogP contribution in [0.15, 0.2) is 121 Å². The van der Waals surface area contributed by atoms with Crippen molar-refractivity contribution < 1.29 is 47.6 Å². The molecule has 0 radical (unpaired) electrons. The van der Waals surface area contributed by atoms with Gasteiger partial charge in [-0.15, -0.1) is 0 Å². The second kappa shape index (κ2) is 27.1. The highest BCUT2D eigenvalue weighted by Gasteiger charge is 2.13. The Kier molecular flexibility index (Phi) is 20.8. The summed E-state index contributed by atoms with van der Waals surface area (Å²) in [4.78, 5) is 47.9. The van der Waals surface area contributed by atoms with Crippen LogP contribution < -0.4 is 24.4 Å². The number of anilines is 1. The van der Waals surface area contributed by atoms with E-state index in [1.54, 1.807) is 48.7 Å². The summed E-state index contributed by atoms with van der Waals surface area (Å²) < 4.78 is 34.8. The van der Waals surface area contributed by atoms with Crippen LogP contribution in [0, 0.1) is 0 Å². The quantitative estimate of drug-likeness (QED) is 0.0140. The zero-order chi connectivity index (χ0) is 43.5. The molecular weight excluding hydrogens is 799 g/mol. The average Bonchev–Trinajstić information content (AvgIpc) is 3.72. The Hall–Kier alpha value is -6.80. The molecule has 14 heteroatoms. The number of rotatable bonds is 26. The molecule has 1 aromatic heterocycles. The molecule has 0 aliphatic rings. The molecule has 5 aromatic rings. The Bertz CT molecular complexity index is 2140. The molecule has 0 atom stereocenters. The Morgan fingerprint density at radius 3 is 1.80 bits per heavy atom. The third-order valence-electron chi connectivity index (χ3n) is 8.70. The Morgan fingerprint density at radius 2 is 1.21 bits per heavy atom. The number of benzene rings is 4. The van der Waals surface area contributed by atoms with Gasteiger partial charge in [0.15, 0.2) is 0 Å². The zero-order valence-corrected chi connectivity index (χ0v) is 34.9. The van der Waals surface area contributed by atoms with Crippen molar-refractivity contribution in [3.8, 4) is 23.0 Å². The Balaban J connectivity index is 0.00000403. The maximum absolute atomic E-state index is 13.2. The first-order chi connectivity index (χ1) is 29.9. The first kappa shape index (κ1) is 46.9. The molecule has 4 aromatic carbocycles. The molecule has 0 fully saturated rings. The first-order valence-electron chi connectivity index (χ1n) is 19.9. The molecule has 0 aliphatic heterocycles. The molecular formula is C47H51N3O10S. The molecule has 0 aliphatic carbocycles. The SMILES string of the molecule is C=CC(=O)OCCCCCCOc1ccc(COc2cc(OC(=O)c3ccc(OCCCCCCOC(=O)C=C)cc3)ccc2/C=N/Nc2nc3ccccc3s2)cc1.C=O. The number of hydrogen-bond donors (Lipinski definition) is 1. The van der Waals surface area contributed by atoms with E-state index in [0.717, 1.165) is 79.0 Å². The maximum Gasteiger partial charge on any atom is 0.343 e. The Labute approximate surface area is 360 Å². The lowest BCUT2D eigenvalue weighted by Gasteiger charge is -2.13. The molecule has 0 spiro atoms. The fourth-order valence-electron chi connectivity index (χ4n) is 5.54. The lowest BCUT2D eigenvalue weighted by Crippen LogP contribution is -2.09. The number of carbonyl (C=O) groups excluding carboxylic acids is 4. The van der Waals surface area contributed by atoms with Gasteiger partial charge in [0.1, 0.15) is 36.4 Å². The third-order valence-corrected chi connectivity index (χ3v) is 9.64. The number of fused-ring (bicyclic) bond motifs is 1. The predicted molar refractivity (Wildman–Crippen MR) is 237 cm³/mol. The van der Waals surface area contributed by atoms with E-state index < -0.39 is 17.9 Å². The van der Waals surface area contributed by atoms with Gasteiger partial charge in [0.25, 0.3) is 0 Å². The van der Waals surface area contributed by atoms with Crippen LogP contribution in [0.2, 0.25) is 0 Å². The van der Waals surface area contributed by atoms with E-state index in [1.807, 2.05) is 55.3 Å². The minimum absolute atomic E-state index is 0.243. The molecule has 61 heavy (non-hydrogen) atoms. The number of hydrazone groups is 1. The number of unbranched alkanes of at least 4 members (excludes halogenated alkanes) is 6. The number of hydrogen-bond acceptors (Lipinski definition) is 14. The van der Waals surface area contributed by atoms with Gasteiger partial charge in [-0.05, 0) is 118 Å². The number of ether oxygens (including phenoxy) is 6. The van der Waals surface area contributed by atoms with E-state index in [4.69, 9.17) is 33.2 Å². The van der Waals surface area contributed by atoms with E-state index in [0.29, 0.717) is 59.9 Å². The van der Waals surface area contributed by atoms with Crippen molar-refractivity contribution in [1.29, 1.82) is 0 Å². The highest BCUT2D eigenvalue weighted by Crippen LogP contribution is 2.28. The van der Waals surface area contributed by atoms with Crippen molar-refractivity contribution in [3.05, 3.63) is 133 Å². The molecule has 1 N–H and O–H groups in total. The van der Waals surface area contributed by atoms with Gasteiger partial charge in [-0.25, -0.2) is 19.4 Å². The minimum atomic E-state index is -0.525. The largest absolute Gasteiger partial charge is 0.494 e. The number of nitrogens with one attached hydrogen (secondary N) is 1. The zero-order valence-electron chi connectivity index (χ0n) is 34.1. The highest BCUT2D eigenvalue weighted by molar-refractivity contribution is 7.22. The molecule has 5 rings (SSSR count). The summed E-state index contributed by atoms with van der Waals surface area (Å²) in [5, 5.41) is 5.07. The van der Waals surface area contributed by atoms with Crippen molar-refractivity contribution in [3.63, 3.8) is 0 Å². The second-order valence-corrected chi connectivity index (χ2v) is 14.2. The van der Waals surface area contributed by atoms with E-state index in [2.05, 4.69) is 28.7 Å². The topological polar surface area (TPSA) is 161 Å². The summed E-state index contributed by atoms with van der Waals surface area (Å²) in [5.41, 5.74) is 5.84. The van der Waals surface area contributed by atoms with Crippen molar-refractivity contribution in [2.45, 2.75) is 58.0 Å². The predicted octanol–water partition coefficient (Wildman–Crippen LogP) is 9.69. The highest BCUT2D eigenvalue weighted by atomic mass is 32.1. The molecule has 1 heterocycles. The van der Waals surface area contributed by atoms with Crippen LogP contribution in [0.1, 0.15) is 72.9 Å². The van der Waals surface area contributed by atoms with Crippen molar-refractivity contribution in [2.75, 3.05) is 31.9 Å². The van der Waals surface area contributed by atoms with Crippen molar-refractivity contribution in [1.82, 2.24) is 4.98 Å². The number of thiazole rings is 1. The van der Waals surface area contributed by atoms with Gasteiger partial charge in [0.05, 0.1) is 48.4 Å². The monoisotopic (exact) mass is 849 g/mol. The normalized spacial score (nSPS) is 10.6. The van der Waals surface area contributed by atoms with Gasteiger partial charge in [0, 0.05) is 23.8 Å². The second-order valence-electron chi connectivity index (χ2n) is 13.2. The fraction of sp³-hybridized carbons (Fsp3) is 0.277. The number of esters is 3. The van der Waals surface area contributed by atoms with Crippen molar-refractivity contribution >= 4 is 57.6 Å². The fourth-order valence-corrected chi connectivity index (χ4v) is 6.36. The summed E-state index contributed by atoms with van der Waals surface area (Å²) in [6.07, 6.45) is 11.1. The van der Waals surface area contributed by atoms with Gasteiger partial charge < -0.3 is 33.2 Å². The standard InChI is InChI=1S/C46H49N3O9S.CH2O/c1-3-43(50)55-29-13-7-5-11-27-53-37-22-17-34(18-23-37)33-57-41-31-39(26-21-36(41)32-47-49-46-48-40-15-9-10-16-42(40)59-46)58-45(52)35-19-24-38(25-20-35)54-28-12-6-8-14-30-56-44(51)4-2;1-2/h3-4,9-10,15-26,31-32H,1-2,5-8,11-14,27-30,33H2,(H,48,49);1H2/b47-32+;. The van der Waals surface area contributed by atoms with Gasteiger partial charge in [-0.2, -0.15) is 5.10 Å². The van der Waals surface area contributed by atoms with Gasteiger partial charge in [0.2, 0.25) is 5.13 Å². The van der Waals surface area contributed by atoms with Crippen molar-refractivity contribution in [2.24, 2.45) is 5.10 Å². The average molecular weight is 850 g/mol. The van der Waals surface area contributed by atoms with Gasteiger partial charge in [-0.3, -0.25) is 5.43 Å². The van der Waals surface area contributed by atoms with Crippen LogP contribution in [-0.2, 0) is 30.5 Å². The van der Waals surface area contributed by atoms with Gasteiger partial charge in [-0.1, -0.05) is 48.8 Å². The number of carbonyl (C=O) groups is 4. The van der Waals surface area contributed by atoms with E-state index in [-0.39, 0.29) is 6.61 Å². The lowest BCUT2D eigenvalue weighted by molar-refractivity contribution is -0.138. The van der Waals surface area contributed by atoms with Crippen LogP contribution in [0.3, 0.4) is 0 Å². The van der Waals surface area contributed by atoms with Crippen LogP contribution in [0.4, 0.5) is 5.13 Å². The molecule has 0 bridgehead atoms. The summed E-state index contributed by atoms with van der Waals surface area (Å²) in [7, 11) is 0. The van der Waals surface area contributed by atoms with Crippen LogP contribution in [0.25, 0.3) is 10.2 Å². The summed E-state index contributed by atoms with van der Waals surface area (Å²) in [6, 6.07) is 27.5. The smallest absolute Gasteiger partial charge is 0.343 e. The molecule has 0 saturated carbocycles. The molecule has 320 valence electrons. The Morgan fingerprint density at radius 1 is 0.656 bits per heavy atom. The number of nitrogens with zero attached hydrogens (tertiary/aromatic N) is 2. The summed E-state index contributed by atoms with van der Waals surface area (Å²) in [5.74, 6) is 0.855. The lowest BCUT2D eigenvalue weighted by atomic mass is 10.2.